The Kier molecular flexibility index (Phi) is 5.05. The van der Waals surface area contributed by atoms with E-state index >= 15 is 0 Å². The maximum Gasteiger partial charge on any atom is 0.0906 e. The quantitative estimate of drug-likeness (QED) is 0.144. The van der Waals surface area contributed by atoms with E-state index in [1.165, 1.54) is 45.9 Å². The molecule has 4 nitrogen and oxygen atoms in total. The number of thioether (sulfide) groups is 4. The standard InChI is InChI=1S/C31H22N4S4/c1-14(2)17-9-15-7-8-16(17)29-28(15)34-22-12-26-27(13-23(22)35-29)39-31(38-26)30-36-24-10-20-21(11-25(24)37-30)33-19-6-4-3-5-18(19)32-20/h3-8,10-17H,9H2,1-2H3. The minimum Gasteiger partial charge on any atom is -0.249 e. The van der Waals surface area contributed by atoms with Gasteiger partial charge in [-0.05, 0) is 54.7 Å². The van der Waals surface area contributed by atoms with Gasteiger partial charge in [0.05, 0.1) is 53.0 Å². The van der Waals surface area contributed by atoms with Crippen molar-refractivity contribution in [1.29, 1.82) is 0 Å². The van der Waals surface area contributed by atoms with Gasteiger partial charge in [0.15, 0.2) is 0 Å². The summed E-state index contributed by atoms with van der Waals surface area (Å²) in [5, 5.41) is 0. The molecule has 5 aliphatic rings. The summed E-state index contributed by atoms with van der Waals surface area (Å²) in [5.74, 6) is 2.12. The molecule has 190 valence electrons. The fourth-order valence-electron chi connectivity index (χ4n) is 6.27. The minimum absolute atomic E-state index is 0.400. The highest BCUT2D eigenvalue weighted by atomic mass is 32.2. The van der Waals surface area contributed by atoms with Gasteiger partial charge in [0.25, 0.3) is 0 Å². The highest BCUT2D eigenvalue weighted by Crippen LogP contribution is 2.62. The van der Waals surface area contributed by atoms with Crippen LogP contribution in [0.5, 0.6) is 0 Å². The van der Waals surface area contributed by atoms with E-state index in [1.54, 1.807) is 0 Å². The topological polar surface area (TPSA) is 51.6 Å². The molecule has 3 aliphatic carbocycles. The first-order valence-corrected chi connectivity index (χ1v) is 16.5. The summed E-state index contributed by atoms with van der Waals surface area (Å²) < 4.78 is 2.68. The average molecular weight is 579 g/mol. The van der Waals surface area contributed by atoms with Gasteiger partial charge in [-0.25, -0.2) is 19.9 Å². The van der Waals surface area contributed by atoms with Crippen LogP contribution in [0.1, 0.15) is 43.5 Å². The Hall–Kier alpha value is -2.52. The van der Waals surface area contributed by atoms with E-state index in [-0.39, 0.29) is 0 Å². The van der Waals surface area contributed by atoms with E-state index in [2.05, 4.69) is 50.3 Å². The van der Waals surface area contributed by atoms with Gasteiger partial charge in [0.2, 0.25) is 0 Å². The van der Waals surface area contributed by atoms with Crippen LogP contribution >= 0.6 is 47.0 Å². The average Bonchev–Trinajstić information content (AvgIpc) is 3.56. The number of para-hydroxylation sites is 2. The molecule has 3 unspecified atom stereocenters. The highest BCUT2D eigenvalue weighted by Gasteiger charge is 2.40. The van der Waals surface area contributed by atoms with Gasteiger partial charge >= 0.3 is 0 Å². The second-order valence-electron chi connectivity index (χ2n) is 10.9. The molecule has 0 N–H and O–H groups in total. The number of hydrogen-bond acceptors (Lipinski definition) is 8. The Morgan fingerprint density at radius 3 is 1.62 bits per heavy atom. The molecule has 8 heteroatoms. The van der Waals surface area contributed by atoms with Crippen molar-refractivity contribution in [3.05, 3.63) is 80.5 Å². The number of allylic oxidation sites excluding steroid dienone is 2. The molecule has 3 atom stereocenters. The first kappa shape index (κ1) is 23.2. The maximum atomic E-state index is 5.24. The Bertz CT molecular complexity index is 1900. The number of rotatable bonds is 1. The third-order valence-electron chi connectivity index (χ3n) is 8.23. The molecule has 4 heterocycles. The normalized spacial score (nSPS) is 22.9. The van der Waals surface area contributed by atoms with Crippen molar-refractivity contribution in [2.45, 2.75) is 51.7 Å². The van der Waals surface area contributed by atoms with Crippen molar-refractivity contribution in [2.24, 2.45) is 11.8 Å². The summed E-state index contributed by atoms with van der Waals surface area (Å²) in [7, 11) is 0. The zero-order valence-corrected chi connectivity index (χ0v) is 24.5. The second kappa shape index (κ2) is 8.49. The molecular formula is C31H22N4S4. The summed E-state index contributed by atoms with van der Waals surface area (Å²) in [4.78, 5) is 25.3. The van der Waals surface area contributed by atoms with Crippen molar-refractivity contribution in [3.8, 4) is 0 Å². The number of hydrogen-bond donors (Lipinski definition) is 0. The van der Waals surface area contributed by atoms with Crippen molar-refractivity contribution in [1.82, 2.24) is 19.9 Å². The summed E-state index contributed by atoms with van der Waals surface area (Å²) in [6.45, 7) is 4.69. The Morgan fingerprint density at radius 2 is 1.10 bits per heavy atom. The van der Waals surface area contributed by atoms with E-state index < -0.39 is 0 Å². The molecule has 2 aliphatic heterocycles. The molecule has 5 aromatic rings. The van der Waals surface area contributed by atoms with Crippen LogP contribution in [0.4, 0.5) is 0 Å². The molecule has 0 saturated carbocycles. The van der Waals surface area contributed by atoms with Gasteiger partial charge in [-0.15, -0.1) is 0 Å². The number of fused-ring (bicyclic) bond motifs is 6. The summed E-state index contributed by atoms with van der Waals surface area (Å²) in [6, 6.07) is 17.0. The van der Waals surface area contributed by atoms with E-state index in [1.807, 2.05) is 71.3 Å². The molecule has 10 rings (SSSR count). The van der Waals surface area contributed by atoms with Crippen LogP contribution in [0, 0.1) is 11.8 Å². The van der Waals surface area contributed by atoms with E-state index in [0.29, 0.717) is 23.7 Å². The monoisotopic (exact) mass is 578 g/mol. The molecular weight excluding hydrogens is 557 g/mol. The highest BCUT2D eigenvalue weighted by molar-refractivity contribution is 8.30. The van der Waals surface area contributed by atoms with E-state index in [0.717, 1.165) is 33.1 Å². The number of nitrogens with zero attached hydrogens (tertiary/aromatic N) is 4. The van der Waals surface area contributed by atoms with E-state index in [9.17, 15) is 0 Å². The fraction of sp³-hybridized carbons (Fsp3) is 0.226. The zero-order chi connectivity index (χ0) is 25.8. The predicted molar refractivity (Wildman–Crippen MR) is 165 cm³/mol. The zero-order valence-electron chi connectivity index (χ0n) is 21.2. The summed E-state index contributed by atoms with van der Waals surface area (Å²) in [5.41, 5.74) is 8.27. The van der Waals surface area contributed by atoms with Crippen molar-refractivity contribution in [3.63, 3.8) is 0 Å². The SMILES string of the molecule is CC(C)C1CC2C=CC1c1nc3cc4c(cc3nc12)SC(=C1Sc2cc3nc5ccccc5nc3cc2S1)S4. The fourth-order valence-corrected chi connectivity index (χ4v) is 11.6. The molecule has 0 spiro atoms. The lowest BCUT2D eigenvalue weighted by Crippen LogP contribution is -2.31. The van der Waals surface area contributed by atoms with Crippen LogP contribution in [0.3, 0.4) is 0 Å². The lowest BCUT2D eigenvalue weighted by atomic mass is 9.65. The lowest BCUT2D eigenvalue weighted by molar-refractivity contribution is 0.280. The molecule has 2 aromatic heterocycles. The predicted octanol–water partition coefficient (Wildman–Crippen LogP) is 9.36. The Morgan fingerprint density at radius 1 is 0.615 bits per heavy atom. The largest absolute Gasteiger partial charge is 0.249 e. The molecule has 0 saturated heterocycles. The van der Waals surface area contributed by atoms with Crippen LogP contribution in [-0.4, -0.2) is 19.9 Å². The molecule has 0 radical (unpaired) electrons. The Labute approximate surface area is 243 Å². The van der Waals surface area contributed by atoms with Gasteiger partial charge in [-0.1, -0.05) is 85.2 Å². The van der Waals surface area contributed by atoms with Crippen LogP contribution in [0.15, 0.2) is 88.7 Å². The first-order valence-electron chi connectivity index (χ1n) is 13.3. The van der Waals surface area contributed by atoms with Crippen LogP contribution in [0.25, 0.3) is 33.1 Å². The Balaban J connectivity index is 1.07. The number of benzene rings is 3. The summed E-state index contributed by atoms with van der Waals surface area (Å²) in [6.07, 6.45) is 5.96. The smallest absolute Gasteiger partial charge is 0.0906 e. The van der Waals surface area contributed by atoms with Crippen LogP contribution < -0.4 is 0 Å². The van der Waals surface area contributed by atoms with Gasteiger partial charge < -0.3 is 0 Å². The van der Waals surface area contributed by atoms with Crippen molar-refractivity contribution < 1.29 is 0 Å². The van der Waals surface area contributed by atoms with Crippen LogP contribution in [-0.2, 0) is 0 Å². The second-order valence-corrected chi connectivity index (χ2v) is 15.7. The van der Waals surface area contributed by atoms with E-state index in [4.69, 9.17) is 19.9 Å². The molecule has 3 aromatic carbocycles. The van der Waals surface area contributed by atoms with Gasteiger partial charge in [-0.2, -0.15) is 0 Å². The molecule has 2 bridgehead atoms. The molecule has 0 amide bonds. The van der Waals surface area contributed by atoms with Gasteiger partial charge in [0, 0.05) is 31.4 Å². The molecule has 0 fully saturated rings. The first-order chi connectivity index (χ1) is 19.1. The van der Waals surface area contributed by atoms with Crippen molar-refractivity contribution >= 4 is 80.1 Å². The number of aromatic nitrogens is 4. The van der Waals surface area contributed by atoms with Crippen LogP contribution in [0.2, 0.25) is 0 Å². The molecule has 39 heavy (non-hydrogen) atoms. The van der Waals surface area contributed by atoms with Gasteiger partial charge in [0.1, 0.15) is 0 Å². The summed E-state index contributed by atoms with van der Waals surface area (Å²) >= 11 is 7.45. The van der Waals surface area contributed by atoms with Crippen molar-refractivity contribution in [2.75, 3.05) is 0 Å². The minimum atomic E-state index is 0.400. The third-order valence-corrected chi connectivity index (χ3v) is 13.8. The maximum absolute atomic E-state index is 5.24. The third kappa shape index (κ3) is 3.57. The van der Waals surface area contributed by atoms with Gasteiger partial charge in [-0.3, -0.25) is 0 Å². The lowest BCUT2D eigenvalue weighted by Gasteiger charge is -2.40.